The Kier molecular flexibility index (Phi) is 9.73. The van der Waals surface area contributed by atoms with Crippen molar-refractivity contribution in [1.82, 2.24) is 5.32 Å². The van der Waals surface area contributed by atoms with Crippen LogP contribution in [0.4, 0.5) is 0 Å². The molecule has 4 N–H and O–H groups in total. The SMILES string of the molecule is OCCOCCCNCC(O)CO. The van der Waals surface area contributed by atoms with E-state index in [9.17, 15) is 0 Å². The van der Waals surface area contributed by atoms with Gasteiger partial charge in [-0.3, -0.25) is 0 Å². The maximum absolute atomic E-state index is 8.92. The lowest BCUT2D eigenvalue weighted by molar-refractivity contribution is 0.0847. The molecule has 13 heavy (non-hydrogen) atoms. The van der Waals surface area contributed by atoms with Gasteiger partial charge in [0, 0.05) is 13.2 Å². The molecular formula is C8H19NO4. The largest absolute Gasteiger partial charge is 0.394 e. The first kappa shape index (κ1) is 12.8. The Morgan fingerprint density at radius 2 is 2.00 bits per heavy atom. The first-order valence-electron chi connectivity index (χ1n) is 4.49. The maximum Gasteiger partial charge on any atom is 0.0894 e. The molecule has 0 aromatic carbocycles. The molecule has 0 amide bonds. The van der Waals surface area contributed by atoms with E-state index >= 15 is 0 Å². The second kappa shape index (κ2) is 9.88. The van der Waals surface area contributed by atoms with Gasteiger partial charge < -0.3 is 25.4 Å². The molecule has 0 heterocycles. The molecule has 80 valence electrons. The fraction of sp³-hybridized carbons (Fsp3) is 1.00. The number of rotatable bonds is 9. The molecule has 0 fully saturated rings. The predicted octanol–water partition coefficient (Wildman–Crippen LogP) is -1.67. The van der Waals surface area contributed by atoms with Crippen molar-refractivity contribution in [2.75, 3.05) is 39.5 Å². The highest BCUT2D eigenvalue weighted by Crippen LogP contribution is 1.81. The molecule has 1 atom stereocenters. The van der Waals surface area contributed by atoms with Crippen molar-refractivity contribution in [2.45, 2.75) is 12.5 Å². The summed E-state index contributed by atoms with van der Waals surface area (Å²) < 4.78 is 5.01. The van der Waals surface area contributed by atoms with Crippen molar-refractivity contribution < 1.29 is 20.1 Å². The van der Waals surface area contributed by atoms with Gasteiger partial charge in [0.1, 0.15) is 0 Å². The third-order valence-electron chi connectivity index (χ3n) is 1.47. The second-order valence-corrected chi connectivity index (χ2v) is 2.73. The van der Waals surface area contributed by atoms with Crippen LogP contribution in [0.3, 0.4) is 0 Å². The van der Waals surface area contributed by atoms with Gasteiger partial charge in [-0.05, 0) is 13.0 Å². The highest BCUT2D eigenvalue weighted by Gasteiger charge is 1.99. The molecule has 0 aliphatic heterocycles. The third-order valence-corrected chi connectivity index (χ3v) is 1.47. The Bertz CT molecular complexity index is 102. The van der Waals surface area contributed by atoms with Gasteiger partial charge in [0.05, 0.1) is 25.9 Å². The number of aliphatic hydroxyl groups is 3. The number of hydrogen-bond acceptors (Lipinski definition) is 5. The monoisotopic (exact) mass is 193 g/mol. The van der Waals surface area contributed by atoms with Gasteiger partial charge in [-0.2, -0.15) is 0 Å². The van der Waals surface area contributed by atoms with Crippen molar-refractivity contribution in [3.05, 3.63) is 0 Å². The number of nitrogens with one attached hydrogen (secondary N) is 1. The van der Waals surface area contributed by atoms with Crippen LogP contribution in [-0.4, -0.2) is 60.9 Å². The van der Waals surface area contributed by atoms with E-state index in [4.69, 9.17) is 20.1 Å². The molecule has 0 aromatic rings. The lowest BCUT2D eigenvalue weighted by Gasteiger charge is -2.08. The second-order valence-electron chi connectivity index (χ2n) is 2.73. The van der Waals surface area contributed by atoms with Crippen LogP contribution in [0, 0.1) is 0 Å². The smallest absolute Gasteiger partial charge is 0.0894 e. The minimum Gasteiger partial charge on any atom is -0.394 e. The van der Waals surface area contributed by atoms with Gasteiger partial charge in [0.2, 0.25) is 0 Å². The molecular weight excluding hydrogens is 174 g/mol. The van der Waals surface area contributed by atoms with Gasteiger partial charge in [-0.1, -0.05) is 0 Å². The normalized spacial score (nSPS) is 13.2. The molecule has 0 aliphatic rings. The molecule has 0 aromatic heterocycles. The average Bonchev–Trinajstić information content (AvgIpc) is 2.16. The van der Waals surface area contributed by atoms with Gasteiger partial charge >= 0.3 is 0 Å². The van der Waals surface area contributed by atoms with Crippen LogP contribution in [0.25, 0.3) is 0 Å². The molecule has 5 nitrogen and oxygen atoms in total. The predicted molar refractivity (Wildman–Crippen MR) is 48.5 cm³/mol. The topological polar surface area (TPSA) is 82.0 Å². The summed E-state index contributed by atoms with van der Waals surface area (Å²) in [6.07, 6.45) is 0.149. The number of aliphatic hydroxyl groups excluding tert-OH is 3. The summed E-state index contributed by atoms with van der Waals surface area (Å²) in [6, 6.07) is 0. The van der Waals surface area contributed by atoms with E-state index in [1.165, 1.54) is 0 Å². The number of ether oxygens (including phenoxy) is 1. The van der Waals surface area contributed by atoms with Crippen LogP contribution in [0.1, 0.15) is 6.42 Å². The van der Waals surface area contributed by atoms with E-state index in [2.05, 4.69) is 5.32 Å². The van der Waals surface area contributed by atoms with E-state index in [0.717, 1.165) is 13.0 Å². The summed E-state index contributed by atoms with van der Waals surface area (Å²) in [5.74, 6) is 0. The van der Waals surface area contributed by atoms with Gasteiger partial charge in [-0.25, -0.2) is 0 Å². The minimum atomic E-state index is -0.682. The molecule has 5 heteroatoms. The molecule has 0 bridgehead atoms. The number of hydrogen-bond donors (Lipinski definition) is 4. The van der Waals surface area contributed by atoms with E-state index in [0.29, 0.717) is 19.8 Å². The van der Waals surface area contributed by atoms with Gasteiger partial charge in [-0.15, -0.1) is 0 Å². The molecule has 1 unspecified atom stereocenters. The lowest BCUT2D eigenvalue weighted by Crippen LogP contribution is -2.30. The summed E-state index contributed by atoms with van der Waals surface area (Å²) in [5.41, 5.74) is 0. The molecule has 0 radical (unpaired) electrons. The molecule has 0 spiro atoms. The molecule has 0 aliphatic carbocycles. The van der Waals surface area contributed by atoms with Crippen molar-refractivity contribution in [2.24, 2.45) is 0 Å². The summed E-state index contributed by atoms with van der Waals surface area (Å²) in [7, 11) is 0. The lowest BCUT2D eigenvalue weighted by atomic mass is 10.3. The Balaban J connectivity index is 2.91. The van der Waals surface area contributed by atoms with Gasteiger partial charge in [0.15, 0.2) is 0 Å². The van der Waals surface area contributed by atoms with Crippen molar-refractivity contribution in [3.8, 4) is 0 Å². The first-order valence-corrected chi connectivity index (χ1v) is 4.49. The van der Waals surface area contributed by atoms with E-state index in [1.807, 2.05) is 0 Å². The van der Waals surface area contributed by atoms with Crippen molar-refractivity contribution >= 4 is 0 Å². The summed E-state index contributed by atoms with van der Waals surface area (Å²) >= 11 is 0. The van der Waals surface area contributed by atoms with Crippen LogP contribution in [0.15, 0.2) is 0 Å². The zero-order valence-corrected chi connectivity index (χ0v) is 7.78. The van der Waals surface area contributed by atoms with Crippen LogP contribution >= 0.6 is 0 Å². The summed E-state index contributed by atoms with van der Waals surface area (Å²) in [4.78, 5) is 0. The van der Waals surface area contributed by atoms with Crippen LogP contribution in [-0.2, 0) is 4.74 Å². The average molecular weight is 193 g/mol. The maximum atomic E-state index is 8.92. The summed E-state index contributed by atoms with van der Waals surface area (Å²) in [5, 5.41) is 28.7. The van der Waals surface area contributed by atoms with Crippen LogP contribution in [0.2, 0.25) is 0 Å². The van der Waals surface area contributed by atoms with Gasteiger partial charge in [0.25, 0.3) is 0 Å². The Morgan fingerprint density at radius 1 is 1.23 bits per heavy atom. The van der Waals surface area contributed by atoms with Crippen molar-refractivity contribution in [1.29, 1.82) is 0 Å². The molecule has 0 saturated heterocycles. The molecule has 0 rings (SSSR count). The highest BCUT2D eigenvalue weighted by molar-refractivity contribution is 4.56. The molecule has 0 saturated carbocycles. The fourth-order valence-electron chi connectivity index (χ4n) is 0.799. The zero-order chi connectivity index (χ0) is 9.94. The van der Waals surface area contributed by atoms with Crippen molar-refractivity contribution in [3.63, 3.8) is 0 Å². The zero-order valence-electron chi connectivity index (χ0n) is 7.78. The Labute approximate surface area is 78.3 Å². The van der Waals surface area contributed by atoms with Crippen LogP contribution < -0.4 is 5.32 Å². The Hall–Kier alpha value is -0.200. The Morgan fingerprint density at radius 3 is 2.62 bits per heavy atom. The summed E-state index contributed by atoms with van der Waals surface area (Å²) in [6.45, 7) is 1.95. The van der Waals surface area contributed by atoms with E-state index in [-0.39, 0.29) is 13.2 Å². The fourth-order valence-corrected chi connectivity index (χ4v) is 0.799. The van der Waals surface area contributed by atoms with E-state index < -0.39 is 6.10 Å². The van der Waals surface area contributed by atoms with E-state index in [1.54, 1.807) is 0 Å². The highest BCUT2D eigenvalue weighted by atomic mass is 16.5. The standard InChI is InChI=1S/C8H19NO4/c10-3-5-13-4-1-2-9-6-8(12)7-11/h8-12H,1-7H2. The third kappa shape index (κ3) is 9.72. The quantitative estimate of drug-likeness (QED) is 0.329. The minimum absolute atomic E-state index is 0.0522. The first-order chi connectivity index (χ1) is 6.31. The van der Waals surface area contributed by atoms with Crippen LogP contribution in [0.5, 0.6) is 0 Å².